The smallest absolute Gasteiger partial charge is 0.383 e. The first-order valence-corrected chi connectivity index (χ1v) is 8.81. The van der Waals surface area contributed by atoms with Gasteiger partial charge in [0.05, 0.1) is 12.7 Å². The van der Waals surface area contributed by atoms with Crippen LogP contribution in [0.1, 0.15) is 46.0 Å². The molecule has 2 N–H and O–H groups in total. The molecule has 25 heavy (non-hydrogen) atoms. The van der Waals surface area contributed by atoms with Crippen LogP contribution >= 0.6 is 0 Å². The van der Waals surface area contributed by atoms with Crippen LogP contribution in [0, 0.1) is 0 Å². The minimum Gasteiger partial charge on any atom is -0.503 e. The van der Waals surface area contributed by atoms with Gasteiger partial charge in [-0.25, -0.2) is 4.79 Å². The Bertz CT molecular complexity index is 737. The molecular weight excluding hydrogens is 324 g/mol. The minimum atomic E-state index is -0.710. The zero-order chi connectivity index (χ0) is 18.2. The first kappa shape index (κ1) is 19.1. The van der Waals surface area contributed by atoms with Gasteiger partial charge in [0, 0.05) is 0 Å². The number of hydrogen-bond acceptors (Lipinski definition) is 6. The van der Waals surface area contributed by atoms with Gasteiger partial charge in [0.1, 0.15) is 23.3 Å². The number of unbranched alkanes of at least 4 members (excludes halogenated alkanes) is 2. The maximum Gasteiger partial charge on any atom is 0.383 e. The van der Waals surface area contributed by atoms with Gasteiger partial charge >= 0.3 is 5.63 Å². The van der Waals surface area contributed by atoms with Crippen molar-refractivity contribution in [1.82, 2.24) is 0 Å². The summed E-state index contributed by atoms with van der Waals surface area (Å²) >= 11 is 0. The molecule has 0 radical (unpaired) electrons. The molecular formula is C19H26O6. The van der Waals surface area contributed by atoms with Crippen LogP contribution in [-0.4, -0.2) is 29.5 Å². The molecule has 0 aliphatic heterocycles. The first-order valence-electron chi connectivity index (χ1n) is 8.81. The highest BCUT2D eigenvalue weighted by Crippen LogP contribution is 2.38. The Labute approximate surface area is 147 Å². The fourth-order valence-electron chi connectivity index (χ4n) is 2.70. The van der Waals surface area contributed by atoms with Crippen molar-refractivity contribution >= 4 is 11.0 Å². The summed E-state index contributed by atoms with van der Waals surface area (Å²) in [5.41, 5.74) is -0.498. The van der Waals surface area contributed by atoms with Gasteiger partial charge in [0.25, 0.3) is 0 Å². The Morgan fingerprint density at radius 2 is 2.04 bits per heavy atom. The van der Waals surface area contributed by atoms with E-state index >= 15 is 0 Å². The number of ether oxygens (including phenoxy) is 2. The van der Waals surface area contributed by atoms with Gasteiger partial charge in [-0.3, -0.25) is 0 Å². The first-order chi connectivity index (χ1) is 12.1. The van der Waals surface area contributed by atoms with E-state index in [1.807, 2.05) is 6.92 Å². The van der Waals surface area contributed by atoms with E-state index in [9.17, 15) is 9.90 Å². The quantitative estimate of drug-likeness (QED) is 0.503. The molecule has 0 bridgehead atoms. The molecule has 2 aromatic rings. The Kier molecular flexibility index (Phi) is 7.13. The van der Waals surface area contributed by atoms with Crippen LogP contribution < -0.4 is 15.1 Å². The van der Waals surface area contributed by atoms with E-state index in [1.54, 1.807) is 18.2 Å². The standard InChI is InChI=1S/C19H26O6/c1-3-5-6-8-13(4-2)24-18-17(21)16-14(23-12-11-20)9-7-10-15(16)25-19(18)22/h7,9-10,13,20-21H,3-6,8,11-12H2,1-2H3. The number of benzene rings is 1. The van der Waals surface area contributed by atoms with Crippen LogP contribution in [0.2, 0.25) is 0 Å². The molecule has 0 aliphatic rings. The molecule has 6 nitrogen and oxygen atoms in total. The maximum atomic E-state index is 12.2. The highest BCUT2D eigenvalue weighted by molar-refractivity contribution is 5.91. The van der Waals surface area contributed by atoms with Gasteiger partial charge in [0.15, 0.2) is 5.75 Å². The SMILES string of the molecule is CCCCCC(CC)Oc1c(O)c2c(OCCO)cccc2oc1=O. The third kappa shape index (κ3) is 4.66. The maximum absolute atomic E-state index is 12.2. The van der Waals surface area contributed by atoms with Gasteiger partial charge in [-0.2, -0.15) is 0 Å². The summed E-state index contributed by atoms with van der Waals surface area (Å²) in [5, 5.41) is 19.8. The molecule has 1 unspecified atom stereocenters. The van der Waals surface area contributed by atoms with Crippen molar-refractivity contribution in [3.8, 4) is 17.2 Å². The lowest BCUT2D eigenvalue weighted by Crippen LogP contribution is -2.19. The Morgan fingerprint density at radius 3 is 2.72 bits per heavy atom. The van der Waals surface area contributed by atoms with E-state index in [0.717, 1.165) is 32.1 Å². The molecule has 0 spiro atoms. The zero-order valence-corrected chi connectivity index (χ0v) is 14.8. The Hall–Kier alpha value is -2.21. The number of aromatic hydroxyl groups is 1. The van der Waals surface area contributed by atoms with E-state index in [1.165, 1.54) is 0 Å². The predicted octanol–water partition coefficient (Wildman–Crippen LogP) is 3.61. The predicted molar refractivity (Wildman–Crippen MR) is 95.6 cm³/mol. The zero-order valence-electron chi connectivity index (χ0n) is 14.8. The van der Waals surface area contributed by atoms with Crippen molar-refractivity contribution in [1.29, 1.82) is 0 Å². The lowest BCUT2D eigenvalue weighted by atomic mass is 10.1. The number of aliphatic hydroxyl groups is 1. The molecule has 1 aromatic carbocycles. The number of rotatable bonds is 10. The van der Waals surface area contributed by atoms with Crippen molar-refractivity contribution in [3.63, 3.8) is 0 Å². The molecule has 138 valence electrons. The number of fused-ring (bicyclic) bond motifs is 1. The van der Waals surface area contributed by atoms with Gasteiger partial charge in [-0.1, -0.05) is 32.8 Å². The molecule has 0 saturated heterocycles. The second-order valence-corrected chi connectivity index (χ2v) is 5.91. The third-order valence-corrected chi connectivity index (χ3v) is 4.05. The summed E-state index contributed by atoms with van der Waals surface area (Å²) < 4.78 is 16.5. The molecule has 0 fully saturated rings. The minimum absolute atomic E-state index is 0.0719. The molecule has 0 aliphatic carbocycles. The third-order valence-electron chi connectivity index (χ3n) is 4.05. The van der Waals surface area contributed by atoms with E-state index in [-0.39, 0.29) is 41.8 Å². The van der Waals surface area contributed by atoms with Crippen molar-refractivity contribution in [2.45, 2.75) is 52.1 Å². The molecule has 1 heterocycles. The summed E-state index contributed by atoms with van der Waals surface area (Å²) in [6, 6.07) is 4.86. The lowest BCUT2D eigenvalue weighted by molar-refractivity contribution is 0.169. The van der Waals surface area contributed by atoms with Gasteiger partial charge < -0.3 is 24.1 Å². The van der Waals surface area contributed by atoms with E-state index in [0.29, 0.717) is 5.75 Å². The highest BCUT2D eigenvalue weighted by Gasteiger charge is 2.21. The van der Waals surface area contributed by atoms with Crippen molar-refractivity contribution < 1.29 is 24.1 Å². The summed E-state index contributed by atoms with van der Waals surface area (Å²) in [4.78, 5) is 12.2. The molecule has 0 amide bonds. The number of aliphatic hydroxyl groups excluding tert-OH is 1. The summed E-state index contributed by atoms with van der Waals surface area (Å²) in [6.45, 7) is 4.01. The van der Waals surface area contributed by atoms with E-state index in [4.69, 9.17) is 19.0 Å². The van der Waals surface area contributed by atoms with Crippen molar-refractivity contribution in [3.05, 3.63) is 28.6 Å². The molecule has 1 aromatic heterocycles. The molecule has 6 heteroatoms. The Morgan fingerprint density at radius 1 is 1.24 bits per heavy atom. The number of hydrogen-bond donors (Lipinski definition) is 2. The van der Waals surface area contributed by atoms with Crippen LogP contribution in [0.3, 0.4) is 0 Å². The van der Waals surface area contributed by atoms with Crippen LogP contribution in [0.25, 0.3) is 11.0 Å². The van der Waals surface area contributed by atoms with Gasteiger partial charge in [-0.05, 0) is 31.4 Å². The average Bonchev–Trinajstić information content (AvgIpc) is 2.61. The van der Waals surface area contributed by atoms with E-state index < -0.39 is 5.63 Å². The van der Waals surface area contributed by atoms with Crippen LogP contribution in [0.4, 0.5) is 0 Å². The van der Waals surface area contributed by atoms with Gasteiger partial charge in [0.2, 0.25) is 5.75 Å². The average molecular weight is 350 g/mol. The summed E-state index contributed by atoms with van der Waals surface area (Å²) in [5.74, 6) is -0.138. The molecule has 1 atom stereocenters. The fraction of sp³-hybridized carbons (Fsp3) is 0.526. The van der Waals surface area contributed by atoms with Crippen LogP contribution in [0.15, 0.2) is 27.4 Å². The summed E-state index contributed by atoms with van der Waals surface area (Å²) in [7, 11) is 0. The monoisotopic (exact) mass is 350 g/mol. The highest BCUT2D eigenvalue weighted by atomic mass is 16.5. The molecule has 2 rings (SSSR count). The molecule has 0 saturated carbocycles. The lowest BCUT2D eigenvalue weighted by Gasteiger charge is -2.18. The Balaban J connectivity index is 2.37. The second-order valence-electron chi connectivity index (χ2n) is 5.91. The second kappa shape index (κ2) is 9.32. The van der Waals surface area contributed by atoms with E-state index in [2.05, 4.69) is 6.92 Å². The van der Waals surface area contributed by atoms with Crippen molar-refractivity contribution in [2.75, 3.05) is 13.2 Å². The van der Waals surface area contributed by atoms with Crippen LogP contribution in [-0.2, 0) is 0 Å². The fourth-order valence-corrected chi connectivity index (χ4v) is 2.70. The normalized spacial score (nSPS) is 12.3. The largest absolute Gasteiger partial charge is 0.503 e. The topological polar surface area (TPSA) is 89.1 Å². The van der Waals surface area contributed by atoms with Crippen LogP contribution in [0.5, 0.6) is 17.2 Å². The summed E-state index contributed by atoms with van der Waals surface area (Å²) in [6.07, 6.45) is 4.57. The van der Waals surface area contributed by atoms with Crippen molar-refractivity contribution in [2.24, 2.45) is 0 Å². The van der Waals surface area contributed by atoms with Gasteiger partial charge in [-0.15, -0.1) is 0 Å².